The highest BCUT2D eigenvalue weighted by molar-refractivity contribution is 7.18. The Kier molecular flexibility index (Phi) is 6.00. The molecule has 0 saturated heterocycles. The Labute approximate surface area is 174 Å². The number of nitrogens with zero attached hydrogens (tertiary/aromatic N) is 3. The van der Waals surface area contributed by atoms with Crippen LogP contribution in [0.2, 0.25) is 0 Å². The summed E-state index contributed by atoms with van der Waals surface area (Å²) < 4.78 is 3.38. The van der Waals surface area contributed by atoms with Crippen molar-refractivity contribution in [1.29, 1.82) is 0 Å². The third-order valence-electron chi connectivity index (χ3n) is 4.90. The van der Waals surface area contributed by atoms with Crippen LogP contribution in [-0.2, 0) is 24.2 Å². The number of aryl methyl sites for hydroxylation is 2. The largest absolute Gasteiger partial charge is 0.356 e. The Morgan fingerprint density at radius 3 is 2.69 bits per heavy atom. The summed E-state index contributed by atoms with van der Waals surface area (Å²) in [5.74, 6) is 1.06. The fraction of sp³-hybridized carbons (Fsp3) is 0.261. The van der Waals surface area contributed by atoms with Crippen LogP contribution in [0.3, 0.4) is 0 Å². The highest BCUT2D eigenvalue weighted by Gasteiger charge is 2.10. The highest BCUT2D eigenvalue weighted by atomic mass is 32.1. The van der Waals surface area contributed by atoms with Crippen molar-refractivity contribution in [1.82, 2.24) is 19.9 Å². The zero-order chi connectivity index (χ0) is 20.1. The molecule has 0 atom stereocenters. The summed E-state index contributed by atoms with van der Waals surface area (Å²) in [7, 11) is 0. The lowest BCUT2D eigenvalue weighted by molar-refractivity contribution is -0.121. The van der Waals surface area contributed by atoms with Gasteiger partial charge in [-0.2, -0.15) is 0 Å². The number of amides is 1. The maximum Gasteiger partial charge on any atom is 0.220 e. The van der Waals surface area contributed by atoms with E-state index < -0.39 is 0 Å². The second-order valence-electron chi connectivity index (χ2n) is 7.06. The Bertz CT molecular complexity index is 1070. The van der Waals surface area contributed by atoms with Crippen LogP contribution in [0, 0.1) is 6.92 Å². The lowest BCUT2D eigenvalue weighted by Gasteiger charge is -2.11. The Hall–Kier alpha value is -2.99. The third-order valence-corrected chi connectivity index (χ3v) is 5.99. The zero-order valence-electron chi connectivity index (χ0n) is 16.5. The molecule has 6 heteroatoms. The highest BCUT2D eigenvalue weighted by Crippen LogP contribution is 2.22. The second kappa shape index (κ2) is 9.01. The molecule has 2 heterocycles. The first-order valence-corrected chi connectivity index (χ1v) is 10.7. The van der Waals surface area contributed by atoms with Crippen molar-refractivity contribution in [3.63, 3.8) is 0 Å². The molecule has 0 aliphatic heterocycles. The molecule has 0 spiro atoms. The van der Waals surface area contributed by atoms with Crippen LogP contribution in [0.25, 0.3) is 10.2 Å². The summed E-state index contributed by atoms with van der Waals surface area (Å²) in [5.41, 5.74) is 3.38. The van der Waals surface area contributed by atoms with Gasteiger partial charge < -0.3 is 9.88 Å². The van der Waals surface area contributed by atoms with Crippen molar-refractivity contribution >= 4 is 27.5 Å². The molecule has 1 N–H and O–H groups in total. The maximum absolute atomic E-state index is 12.2. The summed E-state index contributed by atoms with van der Waals surface area (Å²) in [6.45, 7) is 3.45. The lowest BCUT2D eigenvalue weighted by atomic mass is 10.2. The number of hydrogen-bond donors (Lipinski definition) is 1. The molecule has 4 rings (SSSR count). The molecule has 0 aliphatic rings. The van der Waals surface area contributed by atoms with E-state index in [0.717, 1.165) is 28.6 Å². The van der Waals surface area contributed by atoms with Gasteiger partial charge in [-0.25, -0.2) is 9.97 Å². The van der Waals surface area contributed by atoms with Gasteiger partial charge in [0.25, 0.3) is 0 Å². The van der Waals surface area contributed by atoms with E-state index in [0.29, 0.717) is 25.8 Å². The number of benzene rings is 2. The van der Waals surface area contributed by atoms with Crippen LogP contribution in [0.4, 0.5) is 0 Å². The van der Waals surface area contributed by atoms with E-state index in [9.17, 15) is 4.79 Å². The van der Waals surface area contributed by atoms with Crippen molar-refractivity contribution in [3.05, 3.63) is 82.9 Å². The number of aromatic nitrogens is 3. The van der Waals surface area contributed by atoms with Crippen molar-refractivity contribution in [2.24, 2.45) is 0 Å². The Balaban J connectivity index is 1.27. The Morgan fingerprint density at radius 1 is 1.07 bits per heavy atom. The molecule has 148 valence electrons. The van der Waals surface area contributed by atoms with E-state index in [2.05, 4.69) is 45.0 Å². The molecule has 2 aromatic heterocycles. The maximum atomic E-state index is 12.2. The minimum absolute atomic E-state index is 0.0575. The van der Waals surface area contributed by atoms with Gasteiger partial charge in [-0.1, -0.05) is 42.5 Å². The van der Waals surface area contributed by atoms with Crippen molar-refractivity contribution in [2.45, 2.75) is 32.7 Å². The minimum Gasteiger partial charge on any atom is -0.356 e. The second-order valence-corrected chi connectivity index (χ2v) is 8.18. The molecule has 1 amide bonds. The first-order chi connectivity index (χ1) is 14.2. The SMILES string of the molecule is Cc1cnc(CCNC(=O)CCc2nc3ccccc3s2)n1Cc1ccccc1. The quantitative estimate of drug-likeness (QED) is 0.480. The van der Waals surface area contributed by atoms with Crippen LogP contribution < -0.4 is 5.32 Å². The number of para-hydroxylation sites is 1. The van der Waals surface area contributed by atoms with Crippen LogP contribution in [-0.4, -0.2) is 27.0 Å². The van der Waals surface area contributed by atoms with Crippen molar-refractivity contribution in [2.75, 3.05) is 6.54 Å². The van der Waals surface area contributed by atoms with Crippen LogP contribution in [0.15, 0.2) is 60.8 Å². The van der Waals surface area contributed by atoms with Gasteiger partial charge in [0, 0.05) is 44.2 Å². The average molecular weight is 405 g/mol. The predicted octanol–water partition coefficient (Wildman–Crippen LogP) is 4.14. The first kappa shape index (κ1) is 19.3. The summed E-state index contributed by atoms with van der Waals surface area (Å²) >= 11 is 1.66. The van der Waals surface area contributed by atoms with Gasteiger partial charge in [0.2, 0.25) is 5.91 Å². The molecule has 0 unspecified atom stereocenters. The summed E-state index contributed by atoms with van der Waals surface area (Å²) in [6, 6.07) is 18.4. The minimum atomic E-state index is 0.0575. The number of imidazole rings is 1. The molecule has 0 fully saturated rings. The fourth-order valence-corrected chi connectivity index (χ4v) is 4.31. The lowest BCUT2D eigenvalue weighted by Crippen LogP contribution is -2.26. The first-order valence-electron chi connectivity index (χ1n) is 9.85. The van der Waals surface area contributed by atoms with Crippen molar-refractivity contribution in [3.8, 4) is 0 Å². The van der Waals surface area contributed by atoms with Gasteiger partial charge in [-0.05, 0) is 24.6 Å². The molecular formula is C23H24N4OS. The number of carbonyl (C=O) groups is 1. The number of rotatable bonds is 8. The summed E-state index contributed by atoms with van der Waals surface area (Å²) in [5, 5.41) is 4.03. The molecule has 0 aliphatic carbocycles. The van der Waals surface area contributed by atoms with Gasteiger partial charge in [0.05, 0.1) is 15.2 Å². The van der Waals surface area contributed by atoms with Gasteiger partial charge in [-0.3, -0.25) is 4.79 Å². The number of nitrogens with one attached hydrogen (secondary N) is 1. The monoisotopic (exact) mass is 404 g/mol. The Morgan fingerprint density at radius 2 is 1.86 bits per heavy atom. The zero-order valence-corrected chi connectivity index (χ0v) is 17.3. The number of fused-ring (bicyclic) bond motifs is 1. The predicted molar refractivity (Wildman–Crippen MR) is 117 cm³/mol. The molecule has 0 saturated carbocycles. The van der Waals surface area contributed by atoms with E-state index in [1.165, 1.54) is 10.3 Å². The van der Waals surface area contributed by atoms with E-state index in [4.69, 9.17) is 0 Å². The topological polar surface area (TPSA) is 59.8 Å². The molecule has 5 nitrogen and oxygen atoms in total. The van der Waals surface area contributed by atoms with Crippen molar-refractivity contribution < 1.29 is 4.79 Å². The van der Waals surface area contributed by atoms with Gasteiger partial charge >= 0.3 is 0 Å². The van der Waals surface area contributed by atoms with Crippen LogP contribution in [0.1, 0.15) is 28.5 Å². The van der Waals surface area contributed by atoms with Gasteiger partial charge in [0.15, 0.2) is 0 Å². The van der Waals surface area contributed by atoms with E-state index in [1.807, 2.05) is 42.6 Å². The standard InChI is InChI=1S/C23H24N4OS/c1-17-15-25-21(27(17)16-18-7-3-2-4-8-18)13-14-24-22(28)11-12-23-26-19-9-5-6-10-20(19)29-23/h2-10,15H,11-14,16H2,1H3,(H,24,28). The van der Waals surface area contributed by atoms with Crippen LogP contribution >= 0.6 is 11.3 Å². The number of hydrogen-bond acceptors (Lipinski definition) is 4. The molecule has 4 aromatic rings. The normalized spacial score (nSPS) is 11.1. The van der Waals surface area contributed by atoms with Gasteiger partial charge in [-0.15, -0.1) is 11.3 Å². The van der Waals surface area contributed by atoms with E-state index >= 15 is 0 Å². The number of thiazole rings is 1. The summed E-state index contributed by atoms with van der Waals surface area (Å²) in [4.78, 5) is 21.4. The molecule has 29 heavy (non-hydrogen) atoms. The van der Waals surface area contributed by atoms with Crippen LogP contribution in [0.5, 0.6) is 0 Å². The fourth-order valence-electron chi connectivity index (χ4n) is 3.34. The molecule has 0 radical (unpaired) electrons. The summed E-state index contributed by atoms with van der Waals surface area (Å²) in [6.07, 6.45) is 3.74. The van der Waals surface area contributed by atoms with Gasteiger partial charge in [0.1, 0.15) is 5.82 Å². The smallest absolute Gasteiger partial charge is 0.220 e. The van der Waals surface area contributed by atoms with E-state index in [1.54, 1.807) is 11.3 Å². The molecule has 2 aromatic carbocycles. The molecule has 0 bridgehead atoms. The third kappa shape index (κ3) is 4.90. The average Bonchev–Trinajstić information content (AvgIpc) is 3.31. The molecular weight excluding hydrogens is 380 g/mol. The number of carbonyl (C=O) groups excluding carboxylic acids is 1. The van der Waals surface area contributed by atoms with E-state index in [-0.39, 0.29) is 5.91 Å².